The van der Waals surface area contributed by atoms with Gasteiger partial charge in [0.2, 0.25) is 0 Å². The van der Waals surface area contributed by atoms with E-state index in [4.69, 9.17) is 15.0 Å². The van der Waals surface area contributed by atoms with Gasteiger partial charge in [-0.25, -0.2) is 15.0 Å². The van der Waals surface area contributed by atoms with Gasteiger partial charge < -0.3 is 9.80 Å². The predicted molar refractivity (Wildman–Crippen MR) is 401 cm³/mol. The Bertz CT molecular complexity index is 4720. The SMILES string of the molecule is CC(C)(C)c1ccc2c(c1)C(=C(c1ccccc1)c1ccccc1)c1cc(C(C)(C)C)cc3c1N2c1cc(-c2nc(-c4ccccc4)nc(-c4ccccc4)n2)cc2c1B3c1cc(C(C)(C)C)cc3c1N2c1ccc(C(C)(C)C)cc1C3=C(c1ccccc1)c1ccccc1. The van der Waals surface area contributed by atoms with Crippen molar-refractivity contribution in [1.29, 1.82) is 0 Å². The normalized spacial score (nSPS) is 13.6. The van der Waals surface area contributed by atoms with Crippen LogP contribution in [0.2, 0.25) is 0 Å². The number of aromatic nitrogens is 3. The Balaban J connectivity index is 1.13. The average molecular weight is 1230 g/mol. The molecule has 5 heterocycles. The second kappa shape index (κ2) is 22.1. The fourth-order valence-corrected chi connectivity index (χ4v) is 15.0. The summed E-state index contributed by atoms with van der Waals surface area (Å²) in [5, 5.41) is 0. The van der Waals surface area contributed by atoms with Gasteiger partial charge in [-0.15, -0.1) is 0 Å². The molecule has 0 atom stereocenters. The van der Waals surface area contributed by atoms with Crippen molar-refractivity contribution in [3.63, 3.8) is 0 Å². The molecule has 0 unspecified atom stereocenters. The van der Waals surface area contributed by atoms with Gasteiger partial charge in [0.15, 0.2) is 17.5 Å². The fourth-order valence-electron chi connectivity index (χ4n) is 15.0. The third kappa shape index (κ3) is 10.0. The predicted octanol–water partition coefficient (Wildman–Crippen LogP) is 20.8. The lowest BCUT2D eigenvalue weighted by molar-refractivity contribution is 0.589. The van der Waals surface area contributed by atoms with E-state index >= 15 is 0 Å². The van der Waals surface area contributed by atoms with Gasteiger partial charge >= 0.3 is 0 Å². The summed E-state index contributed by atoms with van der Waals surface area (Å²) in [4.78, 5) is 21.8. The minimum atomic E-state index is -0.250. The Morgan fingerprint density at radius 3 is 0.895 bits per heavy atom. The zero-order valence-corrected chi connectivity index (χ0v) is 56.6. The van der Waals surface area contributed by atoms with E-state index < -0.39 is 0 Å². The number of hydrogen-bond acceptors (Lipinski definition) is 5. The van der Waals surface area contributed by atoms with Crippen molar-refractivity contribution in [3.8, 4) is 34.2 Å². The van der Waals surface area contributed by atoms with Crippen LogP contribution < -0.4 is 26.2 Å². The van der Waals surface area contributed by atoms with Crippen molar-refractivity contribution < 1.29 is 0 Å². The minimum absolute atomic E-state index is 0.162. The van der Waals surface area contributed by atoms with Gasteiger partial charge in [-0.2, -0.15) is 0 Å². The number of hydrogen-bond donors (Lipinski definition) is 0. The number of nitrogens with zero attached hydrogens (tertiary/aromatic N) is 5. The third-order valence-corrected chi connectivity index (χ3v) is 20.0. The van der Waals surface area contributed by atoms with Crippen molar-refractivity contribution >= 4 is 79.5 Å². The molecule has 5 nitrogen and oxygen atoms in total. The Morgan fingerprint density at radius 1 is 0.284 bits per heavy atom. The van der Waals surface area contributed by atoms with Crippen molar-refractivity contribution in [2.24, 2.45) is 0 Å². The molecular weight excluding hydrogens is 1150 g/mol. The first-order valence-electron chi connectivity index (χ1n) is 33.7. The number of rotatable bonds is 7. The van der Waals surface area contributed by atoms with Crippen LogP contribution in [0, 0.1) is 0 Å². The summed E-state index contributed by atoms with van der Waals surface area (Å²) in [6, 6.07) is 95.2. The average Bonchev–Trinajstić information content (AvgIpc) is 0.678. The quantitative estimate of drug-likeness (QED) is 0.149. The zero-order chi connectivity index (χ0) is 65.4. The molecule has 0 saturated heterocycles. The maximum Gasteiger partial charge on any atom is 0.252 e. The van der Waals surface area contributed by atoms with Gasteiger partial charge in [-0.1, -0.05) is 289 Å². The van der Waals surface area contributed by atoms with E-state index in [1.165, 1.54) is 117 Å². The molecule has 0 saturated carbocycles. The molecule has 16 rings (SSSR count). The molecule has 0 amide bonds. The van der Waals surface area contributed by atoms with Gasteiger partial charge in [0.05, 0.1) is 11.4 Å². The van der Waals surface area contributed by atoms with E-state index in [1.807, 2.05) is 0 Å². The fraction of sp³-hybridized carbons (Fsp3) is 0.180. The summed E-state index contributed by atoms with van der Waals surface area (Å²) in [5.41, 5.74) is 32.0. The summed E-state index contributed by atoms with van der Waals surface area (Å²) >= 11 is 0. The van der Waals surface area contributed by atoms with E-state index in [2.05, 4.69) is 348 Å². The monoisotopic (exact) mass is 1230 g/mol. The van der Waals surface area contributed by atoms with Crippen LogP contribution in [0.25, 0.3) is 56.5 Å². The summed E-state index contributed by atoms with van der Waals surface area (Å²) in [5.74, 6) is 1.84. The smallest absolute Gasteiger partial charge is 0.252 e. The van der Waals surface area contributed by atoms with Crippen molar-refractivity contribution in [2.45, 2.75) is 105 Å². The molecular formula is C89H78BN5. The van der Waals surface area contributed by atoms with E-state index in [-0.39, 0.29) is 28.4 Å². The van der Waals surface area contributed by atoms with Crippen LogP contribution in [0.15, 0.2) is 255 Å². The van der Waals surface area contributed by atoms with E-state index in [0.717, 1.165) is 39.4 Å². The molecule has 0 spiro atoms. The van der Waals surface area contributed by atoms with Gasteiger partial charge in [0.1, 0.15) is 0 Å². The Hall–Kier alpha value is -10.4. The molecule has 0 bridgehead atoms. The Kier molecular flexibility index (Phi) is 13.9. The van der Waals surface area contributed by atoms with Crippen molar-refractivity contribution in [2.75, 3.05) is 9.80 Å². The molecule has 1 aromatic heterocycles. The lowest BCUT2D eigenvalue weighted by Crippen LogP contribution is -2.62. The first-order chi connectivity index (χ1) is 45.7. The number of benzene rings is 11. The molecule has 0 fully saturated rings. The molecule has 95 heavy (non-hydrogen) atoms. The van der Waals surface area contributed by atoms with Crippen LogP contribution in [0.5, 0.6) is 0 Å². The van der Waals surface area contributed by atoms with Crippen LogP contribution >= 0.6 is 0 Å². The Morgan fingerprint density at radius 2 is 0.579 bits per heavy atom. The first kappa shape index (κ1) is 59.6. The van der Waals surface area contributed by atoms with Crippen molar-refractivity contribution in [3.05, 3.63) is 322 Å². The molecule has 0 radical (unpaired) electrons. The molecule has 11 aromatic carbocycles. The van der Waals surface area contributed by atoms with Gasteiger partial charge in [0.25, 0.3) is 6.71 Å². The highest BCUT2D eigenvalue weighted by atomic mass is 15.2. The highest BCUT2D eigenvalue weighted by Gasteiger charge is 2.50. The van der Waals surface area contributed by atoms with E-state index in [9.17, 15) is 0 Å². The summed E-state index contributed by atoms with van der Waals surface area (Å²) in [6.07, 6.45) is 0. The van der Waals surface area contributed by atoms with Crippen molar-refractivity contribution in [1.82, 2.24) is 15.0 Å². The first-order valence-corrected chi connectivity index (χ1v) is 33.7. The lowest BCUT2D eigenvalue weighted by Gasteiger charge is -2.50. The Labute approximate surface area is 561 Å². The van der Waals surface area contributed by atoms with Crippen LogP contribution in [0.1, 0.15) is 150 Å². The number of anilines is 6. The maximum absolute atomic E-state index is 5.59. The topological polar surface area (TPSA) is 45.2 Å². The van der Waals surface area contributed by atoms with Crippen LogP contribution in [-0.4, -0.2) is 21.7 Å². The van der Waals surface area contributed by atoms with Gasteiger partial charge in [0, 0.05) is 72.8 Å². The van der Waals surface area contributed by atoms with Gasteiger partial charge in [-0.05, 0) is 142 Å². The summed E-state index contributed by atoms with van der Waals surface area (Å²) in [6.45, 7) is 28.2. The molecule has 12 aromatic rings. The van der Waals surface area contributed by atoms with Crippen LogP contribution in [0.3, 0.4) is 0 Å². The van der Waals surface area contributed by atoms with Crippen LogP contribution in [0.4, 0.5) is 34.1 Å². The zero-order valence-electron chi connectivity index (χ0n) is 56.6. The lowest BCUT2D eigenvalue weighted by atomic mass is 9.32. The molecule has 462 valence electrons. The molecule has 0 N–H and O–H groups in total. The van der Waals surface area contributed by atoms with E-state index in [1.54, 1.807) is 0 Å². The maximum atomic E-state index is 5.59. The van der Waals surface area contributed by atoms with E-state index in [0.29, 0.717) is 17.5 Å². The second-order valence-electron chi connectivity index (χ2n) is 30.4. The standard InChI is InChI=1S/C89H78BN5/c1-86(2,3)62-43-45-72-66(49-62)78(76(55-31-19-13-20-32-55)56-33-21-14-22-34-56)68-51-64(88(7,8)9)53-70-81(68)94(72)74-47-61(85-92-83(59-39-27-17-28-40-59)91-84(93-85)60-41-29-18-30-42-60)48-75-80(74)90(70)71-54-65(89(10,11)12)52-69-79(77(57-35-23-15-24-36-57)58-37-25-16-26-38-58)67-50-63(87(4,5)6)44-46-73(67)95(75)82(69)71/h13-54H,1-12H3. The third-order valence-electron chi connectivity index (χ3n) is 20.0. The van der Waals surface area contributed by atoms with Crippen LogP contribution in [-0.2, 0) is 21.7 Å². The highest BCUT2D eigenvalue weighted by molar-refractivity contribution is 7.00. The van der Waals surface area contributed by atoms with Gasteiger partial charge in [-0.3, -0.25) is 0 Å². The highest BCUT2D eigenvalue weighted by Crippen LogP contribution is 2.59. The summed E-state index contributed by atoms with van der Waals surface area (Å²) < 4.78 is 0. The number of fused-ring (bicyclic) bond motifs is 8. The molecule has 6 heteroatoms. The molecule has 0 aliphatic carbocycles. The minimum Gasteiger partial charge on any atom is -0.310 e. The molecule has 4 aliphatic heterocycles. The second-order valence-corrected chi connectivity index (χ2v) is 30.4. The molecule has 4 aliphatic rings. The largest absolute Gasteiger partial charge is 0.310 e. The summed E-state index contributed by atoms with van der Waals surface area (Å²) in [7, 11) is 0.